The molecule has 3 N–H and O–H groups in total. The Labute approximate surface area is 130 Å². The highest BCUT2D eigenvalue weighted by Crippen LogP contribution is 2.04. The van der Waals surface area contributed by atoms with Crippen LogP contribution in [0.1, 0.15) is 40.0 Å². The minimum Gasteiger partial charge on any atom is -0.355 e. The smallest absolute Gasteiger partial charge is 0.236 e. The van der Waals surface area contributed by atoms with E-state index in [4.69, 9.17) is 5.73 Å². The van der Waals surface area contributed by atoms with E-state index < -0.39 is 0 Å². The largest absolute Gasteiger partial charge is 0.355 e. The number of amides is 1. The molecule has 0 spiro atoms. The normalized spacial score (nSPS) is 18.9. The number of unbranched alkanes of at least 4 members (excludes halogenated alkanes) is 1. The number of nitrogens with zero attached hydrogens (tertiary/aromatic N) is 2. The van der Waals surface area contributed by atoms with Crippen molar-refractivity contribution in [1.82, 2.24) is 15.1 Å². The molecule has 0 unspecified atom stereocenters. The van der Waals surface area contributed by atoms with Gasteiger partial charge in [-0.3, -0.25) is 4.79 Å². The number of hydrogen-bond acceptors (Lipinski definition) is 4. The Kier molecular flexibility index (Phi) is 8.88. The van der Waals surface area contributed by atoms with Crippen LogP contribution in [-0.2, 0) is 4.79 Å². The second-order valence-electron chi connectivity index (χ2n) is 6.51. The van der Waals surface area contributed by atoms with Crippen LogP contribution < -0.4 is 11.1 Å². The molecule has 21 heavy (non-hydrogen) atoms. The van der Waals surface area contributed by atoms with Crippen LogP contribution in [0.4, 0.5) is 0 Å². The average Bonchev–Trinajstić information content (AvgIpc) is 2.46. The molecule has 0 saturated carbocycles. The molecular weight excluding hydrogens is 264 g/mol. The van der Waals surface area contributed by atoms with Crippen molar-refractivity contribution in [3.05, 3.63) is 0 Å². The third kappa shape index (κ3) is 7.79. The second-order valence-corrected chi connectivity index (χ2v) is 6.51. The first-order chi connectivity index (χ1) is 10.0. The lowest BCUT2D eigenvalue weighted by molar-refractivity contribution is -0.122. The third-order valence-electron chi connectivity index (χ3n) is 4.17. The van der Waals surface area contributed by atoms with E-state index >= 15 is 0 Å². The van der Waals surface area contributed by atoms with Gasteiger partial charge in [-0.25, -0.2) is 0 Å². The van der Waals surface area contributed by atoms with Gasteiger partial charge in [0.1, 0.15) is 0 Å². The van der Waals surface area contributed by atoms with E-state index in [1.54, 1.807) is 0 Å². The van der Waals surface area contributed by atoms with Crippen LogP contribution in [0.15, 0.2) is 0 Å². The maximum atomic E-state index is 11.8. The number of carbonyl (C=O) groups excluding carboxylic acids is 1. The highest BCUT2D eigenvalue weighted by Gasteiger charge is 2.15. The van der Waals surface area contributed by atoms with Crippen molar-refractivity contribution >= 4 is 5.91 Å². The quantitative estimate of drug-likeness (QED) is 0.621. The zero-order valence-electron chi connectivity index (χ0n) is 14.1. The Morgan fingerprint density at radius 1 is 1.14 bits per heavy atom. The average molecular weight is 298 g/mol. The van der Waals surface area contributed by atoms with Crippen molar-refractivity contribution in [2.24, 2.45) is 11.7 Å². The molecule has 0 aromatic carbocycles. The summed E-state index contributed by atoms with van der Waals surface area (Å²) in [7, 11) is 0. The predicted octanol–water partition coefficient (Wildman–Crippen LogP) is 0.894. The number of nitrogens with two attached hydrogens (primary N) is 1. The summed E-state index contributed by atoms with van der Waals surface area (Å²) in [6, 6.07) is -0.355. The number of rotatable bonds is 9. The molecule has 0 aromatic rings. The number of likely N-dealkylation sites (N-methyl/N-ethyl adjacent to an activating group) is 1. The molecule has 1 amide bonds. The van der Waals surface area contributed by atoms with Gasteiger partial charge in [0, 0.05) is 32.7 Å². The molecule has 1 rings (SSSR count). The highest BCUT2D eigenvalue weighted by atomic mass is 16.2. The molecule has 1 aliphatic heterocycles. The zero-order chi connectivity index (χ0) is 15.7. The van der Waals surface area contributed by atoms with Crippen LogP contribution in [0, 0.1) is 5.92 Å². The van der Waals surface area contributed by atoms with Crippen molar-refractivity contribution in [2.75, 3.05) is 45.8 Å². The second kappa shape index (κ2) is 10.1. The lowest BCUT2D eigenvalue weighted by Crippen LogP contribution is -2.46. The minimum atomic E-state index is -0.355. The SMILES string of the molecule is CCN1CCN(CCCCNC(=O)[C@@H](N)CC(C)C)CC1. The fourth-order valence-electron chi connectivity index (χ4n) is 2.75. The van der Waals surface area contributed by atoms with Crippen LogP contribution in [0.25, 0.3) is 0 Å². The monoisotopic (exact) mass is 298 g/mol. The van der Waals surface area contributed by atoms with Crippen LogP contribution in [0.2, 0.25) is 0 Å². The molecule has 0 aliphatic carbocycles. The fourth-order valence-corrected chi connectivity index (χ4v) is 2.75. The summed E-state index contributed by atoms with van der Waals surface area (Å²) in [5.41, 5.74) is 5.85. The van der Waals surface area contributed by atoms with Crippen molar-refractivity contribution in [1.29, 1.82) is 0 Å². The maximum Gasteiger partial charge on any atom is 0.236 e. The Hall–Kier alpha value is -0.650. The van der Waals surface area contributed by atoms with Gasteiger partial charge in [-0.1, -0.05) is 20.8 Å². The molecule has 0 aromatic heterocycles. The predicted molar refractivity (Wildman–Crippen MR) is 88.2 cm³/mol. The van der Waals surface area contributed by atoms with Gasteiger partial charge in [0.25, 0.3) is 0 Å². The standard InChI is InChI=1S/C16H34N4O/c1-4-19-9-11-20(12-10-19)8-6-5-7-18-16(21)15(17)13-14(2)3/h14-15H,4-13,17H2,1-3H3,(H,18,21)/t15-/m0/s1. The van der Waals surface area contributed by atoms with Crippen molar-refractivity contribution in [3.8, 4) is 0 Å². The number of hydrogen-bond donors (Lipinski definition) is 2. The van der Waals surface area contributed by atoms with Gasteiger partial charge in [-0.15, -0.1) is 0 Å². The van der Waals surface area contributed by atoms with Gasteiger partial charge < -0.3 is 20.9 Å². The first-order valence-electron chi connectivity index (χ1n) is 8.51. The third-order valence-corrected chi connectivity index (χ3v) is 4.17. The zero-order valence-corrected chi connectivity index (χ0v) is 14.1. The molecule has 1 heterocycles. The number of nitrogens with one attached hydrogen (secondary N) is 1. The van der Waals surface area contributed by atoms with Gasteiger partial charge in [0.15, 0.2) is 0 Å². The summed E-state index contributed by atoms with van der Waals surface area (Å²) < 4.78 is 0. The van der Waals surface area contributed by atoms with E-state index in [-0.39, 0.29) is 11.9 Å². The first kappa shape index (κ1) is 18.4. The number of carbonyl (C=O) groups is 1. The first-order valence-corrected chi connectivity index (χ1v) is 8.51. The minimum absolute atomic E-state index is 0.000241. The van der Waals surface area contributed by atoms with E-state index in [0.29, 0.717) is 5.92 Å². The Morgan fingerprint density at radius 2 is 1.76 bits per heavy atom. The fraction of sp³-hybridized carbons (Fsp3) is 0.938. The molecule has 0 radical (unpaired) electrons. The topological polar surface area (TPSA) is 61.6 Å². The van der Waals surface area contributed by atoms with Crippen LogP contribution in [-0.4, -0.2) is 67.6 Å². The van der Waals surface area contributed by atoms with Crippen LogP contribution in [0.5, 0.6) is 0 Å². The molecule has 5 nitrogen and oxygen atoms in total. The Bertz CT molecular complexity index is 288. The molecule has 1 atom stereocenters. The van der Waals surface area contributed by atoms with Gasteiger partial charge in [0.05, 0.1) is 6.04 Å². The lowest BCUT2D eigenvalue weighted by Gasteiger charge is -2.34. The van der Waals surface area contributed by atoms with Crippen LogP contribution in [0.3, 0.4) is 0 Å². The Balaban J connectivity index is 2.01. The number of piperazine rings is 1. The van der Waals surface area contributed by atoms with Crippen molar-refractivity contribution in [3.63, 3.8) is 0 Å². The van der Waals surface area contributed by atoms with E-state index in [2.05, 4.69) is 35.9 Å². The molecule has 1 fully saturated rings. The maximum absolute atomic E-state index is 11.8. The highest BCUT2D eigenvalue weighted by molar-refractivity contribution is 5.81. The van der Waals surface area contributed by atoms with E-state index in [1.165, 1.54) is 26.2 Å². The molecule has 1 aliphatic rings. The van der Waals surface area contributed by atoms with Crippen LogP contribution >= 0.6 is 0 Å². The lowest BCUT2D eigenvalue weighted by atomic mass is 10.0. The van der Waals surface area contributed by atoms with E-state index in [1.807, 2.05) is 0 Å². The summed E-state index contributed by atoms with van der Waals surface area (Å²) in [5, 5.41) is 2.95. The van der Waals surface area contributed by atoms with Gasteiger partial charge in [0.2, 0.25) is 5.91 Å². The molecular formula is C16H34N4O. The van der Waals surface area contributed by atoms with Gasteiger partial charge in [-0.05, 0) is 38.3 Å². The molecule has 0 bridgehead atoms. The van der Waals surface area contributed by atoms with Crippen molar-refractivity contribution in [2.45, 2.75) is 46.1 Å². The summed E-state index contributed by atoms with van der Waals surface area (Å²) >= 11 is 0. The summed E-state index contributed by atoms with van der Waals surface area (Å²) in [4.78, 5) is 16.8. The molecule has 1 saturated heterocycles. The van der Waals surface area contributed by atoms with E-state index in [0.717, 1.165) is 38.9 Å². The van der Waals surface area contributed by atoms with E-state index in [9.17, 15) is 4.79 Å². The van der Waals surface area contributed by atoms with Gasteiger partial charge in [-0.2, -0.15) is 0 Å². The summed E-state index contributed by atoms with van der Waals surface area (Å²) in [6.07, 6.45) is 2.94. The van der Waals surface area contributed by atoms with Crippen molar-refractivity contribution < 1.29 is 4.79 Å². The van der Waals surface area contributed by atoms with Gasteiger partial charge >= 0.3 is 0 Å². The summed E-state index contributed by atoms with van der Waals surface area (Å²) in [6.45, 7) is 14.2. The molecule has 124 valence electrons. The summed E-state index contributed by atoms with van der Waals surface area (Å²) in [5.74, 6) is 0.466. The molecule has 5 heteroatoms. The Morgan fingerprint density at radius 3 is 2.33 bits per heavy atom.